The molecule has 21 heavy (non-hydrogen) atoms. The van der Waals surface area contributed by atoms with Gasteiger partial charge in [0, 0.05) is 20.2 Å². The highest BCUT2D eigenvalue weighted by atomic mass is 32.2. The zero-order valence-electron chi connectivity index (χ0n) is 12.1. The SMILES string of the molecule is COCCN(Cc1ccccc1)S(=O)(=O)c1cnc(C)[nH]1. The molecule has 0 radical (unpaired) electrons. The molecule has 1 N–H and O–H groups in total. The zero-order valence-corrected chi connectivity index (χ0v) is 12.9. The number of hydrogen-bond acceptors (Lipinski definition) is 4. The van der Waals surface area contributed by atoms with Crippen molar-refractivity contribution >= 4 is 10.0 Å². The Morgan fingerprint density at radius 3 is 2.57 bits per heavy atom. The normalized spacial score (nSPS) is 12.0. The number of imidazole rings is 1. The second-order valence-electron chi connectivity index (χ2n) is 4.65. The smallest absolute Gasteiger partial charge is 0.260 e. The molecule has 0 amide bonds. The van der Waals surface area contributed by atoms with Crippen molar-refractivity contribution in [2.45, 2.75) is 18.5 Å². The second kappa shape index (κ2) is 6.84. The van der Waals surface area contributed by atoms with Crippen LogP contribution in [-0.2, 0) is 21.3 Å². The molecule has 2 rings (SSSR count). The average Bonchev–Trinajstić information content (AvgIpc) is 2.92. The molecule has 0 aliphatic heterocycles. The number of nitrogens with one attached hydrogen (secondary N) is 1. The third-order valence-electron chi connectivity index (χ3n) is 3.04. The van der Waals surface area contributed by atoms with Crippen LogP contribution in [0.1, 0.15) is 11.4 Å². The first-order chi connectivity index (χ1) is 10.0. The summed E-state index contributed by atoms with van der Waals surface area (Å²) in [5.41, 5.74) is 0.924. The highest BCUT2D eigenvalue weighted by molar-refractivity contribution is 7.89. The third kappa shape index (κ3) is 3.90. The molecule has 7 heteroatoms. The van der Waals surface area contributed by atoms with Crippen LogP contribution in [-0.4, -0.2) is 43.0 Å². The largest absolute Gasteiger partial charge is 0.383 e. The lowest BCUT2D eigenvalue weighted by Gasteiger charge is -2.21. The van der Waals surface area contributed by atoms with E-state index in [1.165, 1.54) is 10.5 Å². The summed E-state index contributed by atoms with van der Waals surface area (Å²) in [6, 6.07) is 9.46. The van der Waals surface area contributed by atoms with Gasteiger partial charge in [0.1, 0.15) is 5.82 Å². The van der Waals surface area contributed by atoms with Gasteiger partial charge in [0.05, 0.1) is 12.8 Å². The number of rotatable bonds is 7. The molecule has 114 valence electrons. The number of aromatic nitrogens is 2. The number of methoxy groups -OCH3 is 1. The lowest BCUT2D eigenvalue weighted by Crippen LogP contribution is -2.33. The van der Waals surface area contributed by atoms with Crippen LogP contribution in [0.4, 0.5) is 0 Å². The molecular weight excluding hydrogens is 290 g/mol. The number of ether oxygens (including phenoxy) is 1. The Balaban J connectivity index is 2.26. The van der Waals surface area contributed by atoms with E-state index in [1.54, 1.807) is 14.0 Å². The maximum Gasteiger partial charge on any atom is 0.260 e. The molecule has 0 fully saturated rings. The molecule has 0 spiro atoms. The molecule has 0 atom stereocenters. The summed E-state index contributed by atoms with van der Waals surface area (Å²) < 4.78 is 31.7. The summed E-state index contributed by atoms with van der Waals surface area (Å²) in [4.78, 5) is 6.74. The van der Waals surface area contributed by atoms with Gasteiger partial charge in [-0.3, -0.25) is 0 Å². The lowest BCUT2D eigenvalue weighted by molar-refractivity contribution is 0.177. The molecule has 6 nitrogen and oxygen atoms in total. The molecular formula is C14H19N3O3S. The molecule has 0 saturated heterocycles. The number of hydrogen-bond donors (Lipinski definition) is 1. The molecule has 2 aromatic rings. The van der Waals surface area contributed by atoms with Crippen molar-refractivity contribution < 1.29 is 13.2 Å². The van der Waals surface area contributed by atoms with E-state index in [0.29, 0.717) is 19.0 Å². The van der Waals surface area contributed by atoms with Gasteiger partial charge in [-0.2, -0.15) is 4.31 Å². The van der Waals surface area contributed by atoms with Crippen molar-refractivity contribution in [1.29, 1.82) is 0 Å². The van der Waals surface area contributed by atoms with Crippen LogP contribution in [0.25, 0.3) is 0 Å². The van der Waals surface area contributed by atoms with E-state index in [4.69, 9.17) is 4.74 Å². The Morgan fingerprint density at radius 2 is 2.00 bits per heavy atom. The molecule has 0 saturated carbocycles. The van der Waals surface area contributed by atoms with Crippen LogP contribution in [0.2, 0.25) is 0 Å². The quantitative estimate of drug-likeness (QED) is 0.842. The predicted octanol–water partition coefficient (Wildman–Crippen LogP) is 1.56. The Kier molecular flexibility index (Phi) is 5.11. The first-order valence-electron chi connectivity index (χ1n) is 6.58. The van der Waals surface area contributed by atoms with E-state index in [2.05, 4.69) is 9.97 Å². The van der Waals surface area contributed by atoms with Gasteiger partial charge in [-0.05, 0) is 12.5 Å². The number of nitrogens with zero attached hydrogens (tertiary/aromatic N) is 2. The first-order valence-corrected chi connectivity index (χ1v) is 8.02. The standard InChI is InChI=1S/C14H19N3O3S/c1-12-15-10-14(16-12)21(18,19)17(8-9-20-2)11-13-6-4-3-5-7-13/h3-7,10H,8-9,11H2,1-2H3,(H,15,16). The first kappa shape index (κ1) is 15.7. The predicted molar refractivity (Wildman–Crippen MR) is 79.2 cm³/mol. The van der Waals surface area contributed by atoms with Gasteiger partial charge >= 0.3 is 0 Å². The van der Waals surface area contributed by atoms with Crippen molar-refractivity contribution in [3.63, 3.8) is 0 Å². The van der Waals surface area contributed by atoms with Crippen LogP contribution >= 0.6 is 0 Å². The van der Waals surface area contributed by atoms with E-state index >= 15 is 0 Å². The maximum absolute atomic E-state index is 12.7. The molecule has 0 aliphatic carbocycles. The van der Waals surface area contributed by atoms with Crippen LogP contribution in [0.5, 0.6) is 0 Å². The minimum Gasteiger partial charge on any atom is -0.383 e. The molecule has 1 aromatic heterocycles. The molecule has 0 unspecified atom stereocenters. The summed E-state index contributed by atoms with van der Waals surface area (Å²) in [6.07, 6.45) is 1.34. The monoisotopic (exact) mass is 309 g/mol. The van der Waals surface area contributed by atoms with E-state index < -0.39 is 10.0 Å². The van der Waals surface area contributed by atoms with Gasteiger partial charge in [0.2, 0.25) is 0 Å². The van der Waals surface area contributed by atoms with Crippen LogP contribution in [0.15, 0.2) is 41.6 Å². The zero-order chi connectivity index (χ0) is 15.3. The molecule has 0 aliphatic rings. The van der Waals surface area contributed by atoms with Gasteiger partial charge in [0.25, 0.3) is 10.0 Å². The summed E-state index contributed by atoms with van der Waals surface area (Å²) in [5.74, 6) is 0.569. The Hall–Kier alpha value is -1.70. The lowest BCUT2D eigenvalue weighted by atomic mass is 10.2. The van der Waals surface area contributed by atoms with E-state index in [-0.39, 0.29) is 11.6 Å². The minimum absolute atomic E-state index is 0.104. The summed E-state index contributed by atoms with van der Waals surface area (Å²) in [5, 5.41) is 0.104. The Bertz CT molecular complexity index is 668. The number of benzene rings is 1. The van der Waals surface area contributed by atoms with Crippen molar-refractivity contribution in [2.24, 2.45) is 0 Å². The summed E-state index contributed by atoms with van der Waals surface area (Å²) in [6.45, 7) is 2.63. The van der Waals surface area contributed by atoms with Gasteiger partial charge in [-0.1, -0.05) is 30.3 Å². The van der Waals surface area contributed by atoms with E-state index in [0.717, 1.165) is 5.56 Å². The fourth-order valence-corrected chi connectivity index (χ4v) is 3.31. The van der Waals surface area contributed by atoms with Gasteiger partial charge in [-0.25, -0.2) is 13.4 Å². The van der Waals surface area contributed by atoms with Crippen molar-refractivity contribution in [1.82, 2.24) is 14.3 Å². The highest BCUT2D eigenvalue weighted by Crippen LogP contribution is 2.16. The second-order valence-corrected chi connectivity index (χ2v) is 6.56. The topological polar surface area (TPSA) is 75.3 Å². The van der Waals surface area contributed by atoms with Crippen molar-refractivity contribution in [3.05, 3.63) is 47.9 Å². The minimum atomic E-state index is -3.62. The van der Waals surface area contributed by atoms with Crippen LogP contribution < -0.4 is 0 Å². The molecule has 1 heterocycles. The van der Waals surface area contributed by atoms with Gasteiger partial charge < -0.3 is 9.72 Å². The number of sulfonamides is 1. The van der Waals surface area contributed by atoms with Crippen molar-refractivity contribution in [3.8, 4) is 0 Å². The number of aryl methyl sites for hydroxylation is 1. The van der Waals surface area contributed by atoms with E-state index in [9.17, 15) is 8.42 Å². The Morgan fingerprint density at radius 1 is 1.29 bits per heavy atom. The average molecular weight is 309 g/mol. The van der Waals surface area contributed by atoms with E-state index in [1.807, 2.05) is 30.3 Å². The number of H-pyrrole nitrogens is 1. The molecule has 1 aromatic carbocycles. The molecule has 0 bridgehead atoms. The fraction of sp³-hybridized carbons (Fsp3) is 0.357. The third-order valence-corrected chi connectivity index (χ3v) is 4.80. The van der Waals surface area contributed by atoms with Crippen LogP contribution in [0.3, 0.4) is 0 Å². The van der Waals surface area contributed by atoms with Crippen molar-refractivity contribution in [2.75, 3.05) is 20.3 Å². The van der Waals surface area contributed by atoms with Gasteiger partial charge in [-0.15, -0.1) is 0 Å². The van der Waals surface area contributed by atoms with Crippen LogP contribution in [0, 0.1) is 6.92 Å². The van der Waals surface area contributed by atoms with Gasteiger partial charge in [0.15, 0.2) is 5.03 Å². The summed E-state index contributed by atoms with van der Waals surface area (Å²) in [7, 11) is -2.07. The summed E-state index contributed by atoms with van der Waals surface area (Å²) >= 11 is 0. The maximum atomic E-state index is 12.7. The Labute approximate surface area is 124 Å². The fourth-order valence-electron chi connectivity index (χ4n) is 1.93. The highest BCUT2D eigenvalue weighted by Gasteiger charge is 2.26. The number of aromatic amines is 1.